The van der Waals surface area contributed by atoms with Gasteiger partial charge in [0.1, 0.15) is 5.82 Å². The van der Waals surface area contributed by atoms with Crippen molar-refractivity contribution in [2.24, 2.45) is 10.9 Å². The van der Waals surface area contributed by atoms with Gasteiger partial charge in [0.2, 0.25) is 0 Å². The van der Waals surface area contributed by atoms with E-state index in [0.717, 1.165) is 22.1 Å². The van der Waals surface area contributed by atoms with Crippen LogP contribution in [0.15, 0.2) is 27.7 Å². The van der Waals surface area contributed by atoms with Crippen molar-refractivity contribution in [2.75, 3.05) is 11.9 Å². The number of rotatable bonds is 2. The number of thioether (sulfide) groups is 1. The fourth-order valence-corrected chi connectivity index (χ4v) is 3.55. The molecular formula is C12H12BrFN2S. The van der Waals surface area contributed by atoms with E-state index in [1.165, 1.54) is 18.9 Å². The summed E-state index contributed by atoms with van der Waals surface area (Å²) in [6.45, 7) is 0.865. The molecule has 1 saturated carbocycles. The van der Waals surface area contributed by atoms with E-state index >= 15 is 0 Å². The summed E-state index contributed by atoms with van der Waals surface area (Å²) < 4.78 is 14.3. The van der Waals surface area contributed by atoms with Gasteiger partial charge in [0, 0.05) is 9.72 Å². The molecule has 2 aliphatic rings. The molecule has 90 valence electrons. The van der Waals surface area contributed by atoms with Crippen LogP contribution in [0.5, 0.6) is 0 Å². The van der Waals surface area contributed by atoms with Crippen LogP contribution in [0.25, 0.3) is 0 Å². The Labute approximate surface area is 112 Å². The van der Waals surface area contributed by atoms with E-state index in [4.69, 9.17) is 0 Å². The fourth-order valence-electron chi connectivity index (χ4n) is 1.90. The Hall–Kier alpha value is -0.550. The van der Waals surface area contributed by atoms with Crippen LogP contribution in [-0.4, -0.2) is 17.0 Å². The molecule has 1 aliphatic heterocycles. The van der Waals surface area contributed by atoms with Crippen LogP contribution in [0.2, 0.25) is 0 Å². The summed E-state index contributed by atoms with van der Waals surface area (Å²) in [5.41, 5.74) is 0.482. The Balaban J connectivity index is 1.71. The van der Waals surface area contributed by atoms with Gasteiger partial charge in [-0.1, -0.05) is 17.8 Å². The van der Waals surface area contributed by atoms with Gasteiger partial charge in [-0.3, -0.25) is 4.99 Å². The van der Waals surface area contributed by atoms with E-state index in [2.05, 4.69) is 26.2 Å². The number of nitrogens with one attached hydrogen (secondary N) is 1. The summed E-state index contributed by atoms with van der Waals surface area (Å²) in [5, 5.41) is 4.52. The number of amidine groups is 1. The van der Waals surface area contributed by atoms with E-state index in [1.807, 2.05) is 6.07 Å². The average molecular weight is 315 g/mol. The van der Waals surface area contributed by atoms with Crippen molar-refractivity contribution in [1.82, 2.24) is 0 Å². The van der Waals surface area contributed by atoms with Crippen LogP contribution < -0.4 is 5.32 Å². The van der Waals surface area contributed by atoms with Gasteiger partial charge in [-0.05, 0) is 46.8 Å². The largest absolute Gasteiger partial charge is 0.332 e. The van der Waals surface area contributed by atoms with Crippen LogP contribution in [0.1, 0.15) is 12.8 Å². The Morgan fingerprint density at radius 3 is 2.94 bits per heavy atom. The Morgan fingerprint density at radius 1 is 1.41 bits per heavy atom. The van der Waals surface area contributed by atoms with Gasteiger partial charge in [0.05, 0.1) is 12.2 Å². The molecule has 5 heteroatoms. The predicted octanol–water partition coefficient (Wildman–Crippen LogP) is 3.88. The van der Waals surface area contributed by atoms with Crippen LogP contribution in [0.3, 0.4) is 0 Å². The Bertz CT molecular complexity index is 453. The van der Waals surface area contributed by atoms with Crippen LogP contribution in [-0.2, 0) is 0 Å². The highest BCUT2D eigenvalue weighted by atomic mass is 79.9. The molecule has 0 amide bonds. The van der Waals surface area contributed by atoms with Crippen molar-refractivity contribution in [3.8, 4) is 0 Å². The van der Waals surface area contributed by atoms with Gasteiger partial charge < -0.3 is 5.32 Å². The smallest absolute Gasteiger partial charge is 0.161 e. The monoisotopic (exact) mass is 314 g/mol. The lowest BCUT2D eigenvalue weighted by atomic mass is 10.3. The molecule has 2 nitrogen and oxygen atoms in total. The van der Waals surface area contributed by atoms with E-state index in [0.29, 0.717) is 10.9 Å². The minimum atomic E-state index is -0.252. The molecule has 1 heterocycles. The molecule has 1 atom stereocenters. The fraction of sp³-hybridized carbons (Fsp3) is 0.417. The Morgan fingerprint density at radius 2 is 2.24 bits per heavy atom. The number of halogens is 2. The molecule has 0 bridgehead atoms. The van der Waals surface area contributed by atoms with E-state index < -0.39 is 0 Å². The number of anilines is 1. The van der Waals surface area contributed by atoms with Crippen molar-refractivity contribution < 1.29 is 4.39 Å². The predicted molar refractivity (Wildman–Crippen MR) is 74.1 cm³/mol. The molecule has 0 aromatic heterocycles. The summed E-state index contributed by atoms with van der Waals surface area (Å²) >= 11 is 5.09. The topological polar surface area (TPSA) is 24.4 Å². The van der Waals surface area contributed by atoms with Crippen molar-refractivity contribution >= 4 is 38.5 Å². The van der Waals surface area contributed by atoms with Gasteiger partial charge in [-0.2, -0.15) is 0 Å². The molecule has 1 aliphatic carbocycles. The van der Waals surface area contributed by atoms with Gasteiger partial charge in [-0.25, -0.2) is 4.39 Å². The van der Waals surface area contributed by atoms with Crippen LogP contribution >= 0.6 is 27.7 Å². The molecule has 1 fully saturated rings. The number of benzene rings is 1. The first-order chi connectivity index (χ1) is 8.24. The third-order valence-corrected chi connectivity index (χ3v) is 4.97. The molecular weight excluding hydrogens is 303 g/mol. The second kappa shape index (κ2) is 4.61. The van der Waals surface area contributed by atoms with E-state index in [9.17, 15) is 4.39 Å². The number of para-hydroxylation sites is 1. The highest BCUT2D eigenvalue weighted by Crippen LogP contribution is 2.42. The average Bonchev–Trinajstić information content (AvgIpc) is 3.05. The zero-order valence-corrected chi connectivity index (χ0v) is 11.5. The molecule has 1 aromatic carbocycles. The number of hydrogen-bond donors (Lipinski definition) is 1. The van der Waals surface area contributed by atoms with Crippen LogP contribution in [0.4, 0.5) is 10.1 Å². The molecule has 1 unspecified atom stereocenters. The minimum Gasteiger partial charge on any atom is -0.332 e. The lowest BCUT2D eigenvalue weighted by Gasteiger charge is -2.10. The summed E-state index contributed by atoms with van der Waals surface area (Å²) in [7, 11) is 0. The molecule has 1 aromatic rings. The van der Waals surface area contributed by atoms with Crippen molar-refractivity contribution in [2.45, 2.75) is 18.1 Å². The molecule has 0 spiro atoms. The molecule has 1 N–H and O–H groups in total. The molecule has 0 saturated heterocycles. The lowest BCUT2D eigenvalue weighted by Crippen LogP contribution is -2.10. The van der Waals surface area contributed by atoms with Crippen molar-refractivity contribution in [3.05, 3.63) is 28.5 Å². The second-order valence-electron chi connectivity index (χ2n) is 4.36. The van der Waals surface area contributed by atoms with Gasteiger partial charge in [0.15, 0.2) is 5.17 Å². The second-order valence-corrected chi connectivity index (χ2v) is 6.44. The number of nitrogens with zero attached hydrogens (tertiary/aromatic N) is 1. The minimum absolute atomic E-state index is 0.252. The van der Waals surface area contributed by atoms with Gasteiger partial charge in [-0.15, -0.1) is 0 Å². The lowest BCUT2D eigenvalue weighted by molar-refractivity contribution is 0.631. The first-order valence-electron chi connectivity index (χ1n) is 5.66. The quantitative estimate of drug-likeness (QED) is 0.895. The van der Waals surface area contributed by atoms with Crippen LogP contribution in [0, 0.1) is 11.7 Å². The standard InChI is InChI=1S/C12H12BrFN2S/c13-8-2-1-3-9(14)11(8)16-12-15-6-10(17-12)7-4-5-7/h1-3,7,10H,4-6H2,(H,15,16). The summed E-state index contributed by atoms with van der Waals surface area (Å²) in [4.78, 5) is 4.44. The normalized spacial score (nSPS) is 23.6. The first-order valence-corrected chi connectivity index (χ1v) is 7.33. The van der Waals surface area contributed by atoms with E-state index in [1.54, 1.807) is 17.8 Å². The zero-order chi connectivity index (χ0) is 11.8. The highest BCUT2D eigenvalue weighted by molar-refractivity contribution is 9.10. The zero-order valence-electron chi connectivity index (χ0n) is 9.12. The highest BCUT2D eigenvalue weighted by Gasteiger charge is 2.35. The number of aliphatic imine (C=N–C) groups is 1. The van der Waals surface area contributed by atoms with Crippen molar-refractivity contribution in [1.29, 1.82) is 0 Å². The maximum atomic E-state index is 13.6. The van der Waals surface area contributed by atoms with Crippen molar-refractivity contribution in [3.63, 3.8) is 0 Å². The maximum Gasteiger partial charge on any atom is 0.161 e. The van der Waals surface area contributed by atoms with Gasteiger partial charge >= 0.3 is 0 Å². The van der Waals surface area contributed by atoms with Gasteiger partial charge in [0.25, 0.3) is 0 Å². The number of hydrogen-bond acceptors (Lipinski definition) is 3. The molecule has 3 rings (SSSR count). The van der Waals surface area contributed by atoms with E-state index in [-0.39, 0.29) is 5.82 Å². The SMILES string of the molecule is Fc1cccc(Br)c1NC1=NCC(C2CC2)S1. The summed E-state index contributed by atoms with van der Waals surface area (Å²) in [6.07, 6.45) is 2.65. The Kier molecular flexibility index (Phi) is 3.13. The summed E-state index contributed by atoms with van der Waals surface area (Å²) in [6, 6.07) is 4.96. The molecule has 0 radical (unpaired) electrons. The third-order valence-electron chi connectivity index (χ3n) is 3.02. The molecule has 17 heavy (non-hydrogen) atoms. The third kappa shape index (κ3) is 2.50. The first kappa shape index (κ1) is 11.5. The maximum absolute atomic E-state index is 13.6. The summed E-state index contributed by atoms with van der Waals surface area (Å²) in [5.74, 6) is 0.574.